The average Bonchev–Trinajstić information content (AvgIpc) is 2.59. The molecule has 18 heavy (non-hydrogen) atoms. The van der Waals surface area contributed by atoms with Gasteiger partial charge < -0.3 is 10.5 Å². The second-order valence-corrected chi connectivity index (χ2v) is 5.25. The van der Waals surface area contributed by atoms with Crippen LogP contribution in [0.1, 0.15) is 25.3 Å². The fraction of sp³-hybridized carbons (Fsp3) is 0.571. The van der Waals surface area contributed by atoms with Crippen molar-refractivity contribution in [2.24, 2.45) is 0 Å². The minimum atomic E-state index is 0.340. The molecule has 100 valence electrons. The molecule has 1 aromatic carbocycles. The molecule has 0 bridgehead atoms. The second-order valence-electron chi connectivity index (χ2n) is 4.84. The number of hydrogen-bond donors (Lipinski definition) is 1. The lowest BCUT2D eigenvalue weighted by atomic mass is 10.1. The molecule has 1 aromatic rings. The van der Waals surface area contributed by atoms with Crippen molar-refractivity contribution in [2.75, 3.05) is 25.4 Å². The van der Waals surface area contributed by atoms with E-state index in [1.807, 2.05) is 18.2 Å². The predicted molar refractivity (Wildman–Crippen MR) is 75.8 cm³/mol. The zero-order valence-corrected chi connectivity index (χ0v) is 11.6. The van der Waals surface area contributed by atoms with E-state index in [2.05, 4.69) is 11.8 Å². The van der Waals surface area contributed by atoms with Crippen LogP contribution in [0.2, 0.25) is 5.02 Å². The SMILES string of the molecule is CCC1CN(Cc2cc(N)ccc2Cl)CCCO1. The van der Waals surface area contributed by atoms with E-state index in [1.54, 1.807) is 0 Å². The number of anilines is 1. The number of rotatable bonds is 3. The van der Waals surface area contributed by atoms with Crippen LogP contribution in [-0.2, 0) is 11.3 Å². The molecule has 0 radical (unpaired) electrons. The maximum absolute atomic E-state index is 6.21. The summed E-state index contributed by atoms with van der Waals surface area (Å²) in [6, 6.07) is 5.68. The summed E-state index contributed by atoms with van der Waals surface area (Å²) >= 11 is 6.21. The van der Waals surface area contributed by atoms with Crippen LogP contribution in [0.3, 0.4) is 0 Å². The number of halogens is 1. The van der Waals surface area contributed by atoms with E-state index in [1.165, 1.54) is 0 Å². The van der Waals surface area contributed by atoms with Gasteiger partial charge in [-0.3, -0.25) is 4.90 Å². The third kappa shape index (κ3) is 3.61. The van der Waals surface area contributed by atoms with Crippen LogP contribution < -0.4 is 5.73 Å². The van der Waals surface area contributed by atoms with Gasteiger partial charge in [0.25, 0.3) is 0 Å². The van der Waals surface area contributed by atoms with Crippen LogP contribution in [0.5, 0.6) is 0 Å². The van der Waals surface area contributed by atoms with Gasteiger partial charge in [0, 0.05) is 37.0 Å². The Kier molecular flexibility index (Phi) is 4.87. The minimum Gasteiger partial charge on any atom is -0.399 e. The van der Waals surface area contributed by atoms with Crippen LogP contribution in [0.25, 0.3) is 0 Å². The molecule has 0 amide bonds. The smallest absolute Gasteiger partial charge is 0.0699 e. The van der Waals surface area contributed by atoms with Crippen molar-refractivity contribution in [3.05, 3.63) is 28.8 Å². The number of nitrogens with zero attached hydrogens (tertiary/aromatic N) is 1. The Hall–Kier alpha value is -0.770. The Morgan fingerprint density at radius 2 is 2.33 bits per heavy atom. The maximum atomic E-state index is 6.21. The number of benzene rings is 1. The van der Waals surface area contributed by atoms with Gasteiger partial charge in [0.15, 0.2) is 0 Å². The van der Waals surface area contributed by atoms with Crippen LogP contribution in [0.15, 0.2) is 18.2 Å². The van der Waals surface area contributed by atoms with Crippen LogP contribution in [-0.4, -0.2) is 30.7 Å². The van der Waals surface area contributed by atoms with E-state index in [4.69, 9.17) is 22.1 Å². The molecule has 1 saturated heterocycles. The largest absolute Gasteiger partial charge is 0.399 e. The van der Waals surface area contributed by atoms with E-state index in [9.17, 15) is 0 Å². The first-order valence-corrected chi connectivity index (χ1v) is 6.94. The quantitative estimate of drug-likeness (QED) is 0.857. The molecule has 1 unspecified atom stereocenters. The first kappa shape index (κ1) is 13.7. The molecule has 2 N–H and O–H groups in total. The second kappa shape index (κ2) is 6.41. The Labute approximate surface area is 114 Å². The zero-order valence-electron chi connectivity index (χ0n) is 10.9. The summed E-state index contributed by atoms with van der Waals surface area (Å²) in [5, 5.41) is 0.794. The lowest BCUT2D eigenvalue weighted by molar-refractivity contribution is 0.0510. The van der Waals surface area contributed by atoms with Gasteiger partial charge in [0.05, 0.1) is 6.10 Å². The standard InChI is InChI=1S/C14H21ClN2O/c1-2-13-10-17(6-3-7-18-13)9-11-8-12(16)4-5-14(11)15/h4-5,8,13H,2-3,6-7,9-10,16H2,1H3. The molecule has 1 aliphatic rings. The minimum absolute atomic E-state index is 0.340. The summed E-state index contributed by atoms with van der Waals surface area (Å²) in [5.41, 5.74) is 7.69. The van der Waals surface area contributed by atoms with Crippen LogP contribution in [0, 0.1) is 0 Å². The molecule has 0 aromatic heterocycles. The normalized spacial score (nSPS) is 21.8. The van der Waals surface area contributed by atoms with Crippen molar-refractivity contribution >= 4 is 17.3 Å². The van der Waals surface area contributed by atoms with Gasteiger partial charge in [-0.25, -0.2) is 0 Å². The molecule has 0 spiro atoms. The third-order valence-corrected chi connectivity index (χ3v) is 3.72. The zero-order chi connectivity index (χ0) is 13.0. The van der Waals surface area contributed by atoms with Gasteiger partial charge in [-0.2, -0.15) is 0 Å². The third-order valence-electron chi connectivity index (χ3n) is 3.35. The molecule has 0 aliphatic carbocycles. The van der Waals surface area contributed by atoms with Crippen molar-refractivity contribution in [3.8, 4) is 0 Å². The van der Waals surface area contributed by atoms with Crippen molar-refractivity contribution in [3.63, 3.8) is 0 Å². The van der Waals surface area contributed by atoms with E-state index < -0.39 is 0 Å². The summed E-state index contributed by atoms with van der Waals surface area (Å²) < 4.78 is 5.77. The highest BCUT2D eigenvalue weighted by atomic mass is 35.5. The summed E-state index contributed by atoms with van der Waals surface area (Å²) in [7, 11) is 0. The number of nitrogens with two attached hydrogens (primary N) is 1. The molecular weight excluding hydrogens is 248 g/mol. The first-order chi connectivity index (χ1) is 8.69. The van der Waals surface area contributed by atoms with Crippen LogP contribution in [0.4, 0.5) is 5.69 Å². The maximum Gasteiger partial charge on any atom is 0.0699 e. The van der Waals surface area contributed by atoms with Gasteiger partial charge in [0.2, 0.25) is 0 Å². The van der Waals surface area contributed by atoms with E-state index in [-0.39, 0.29) is 0 Å². The topological polar surface area (TPSA) is 38.5 Å². The molecular formula is C14H21ClN2O. The summed E-state index contributed by atoms with van der Waals surface area (Å²) in [5.74, 6) is 0. The first-order valence-electron chi connectivity index (χ1n) is 6.57. The van der Waals surface area contributed by atoms with Crippen LogP contribution >= 0.6 is 11.6 Å². The van der Waals surface area contributed by atoms with E-state index >= 15 is 0 Å². The lowest BCUT2D eigenvalue weighted by Gasteiger charge is -2.23. The number of nitrogen functional groups attached to an aromatic ring is 1. The monoisotopic (exact) mass is 268 g/mol. The Balaban J connectivity index is 2.04. The van der Waals surface area contributed by atoms with Gasteiger partial charge in [0.1, 0.15) is 0 Å². The van der Waals surface area contributed by atoms with Crippen molar-refractivity contribution in [2.45, 2.75) is 32.4 Å². The summed E-state index contributed by atoms with van der Waals surface area (Å²) in [4.78, 5) is 2.40. The molecule has 1 heterocycles. The van der Waals surface area contributed by atoms with E-state index in [0.717, 1.165) is 55.4 Å². The molecule has 1 atom stereocenters. The fourth-order valence-electron chi connectivity index (χ4n) is 2.32. The highest BCUT2D eigenvalue weighted by Crippen LogP contribution is 2.21. The molecule has 4 heteroatoms. The molecule has 1 aliphatic heterocycles. The van der Waals surface area contributed by atoms with Gasteiger partial charge in [-0.05, 0) is 36.6 Å². The van der Waals surface area contributed by atoms with Gasteiger partial charge >= 0.3 is 0 Å². The molecule has 0 saturated carbocycles. The molecule has 1 fully saturated rings. The van der Waals surface area contributed by atoms with Gasteiger partial charge in [-0.15, -0.1) is 0 Å². The molecule has 3 nitrogen and oxygen atoms in total. The van der Waals surface area contributed by atoms with Crippen molar-refractivity contribution < 1.29 is 4.74 Å². The number of ether oxygens (including phenoxy) is 1. The summed E-state index contributed by atoms with van der Waals surface area (Å²) in [6.45, 7) is 5.91. The summed E-state index contributed by atoms with van der Waals surface area (Å²) in [6.07, 6.45) is 2.48. The van der Waals surface area contributed by atoms with E-state index in [0.29, 0.717) is 6.10 Å². The Morgan fingerprint density at radius 1 is 1.50 bits per heavy atom. The fourth-order valence-corrected chi connectivity index (χ4v) is 2.49. The predicted octanol–water partition coefficient (Wildman–Crippen LogP) is 2.92. The van der Waals surface area contributed by atoms with Gasteiger partial charge in [-0.1, -0.05) is 18.5 Å². The average molecular weight is 269 g/mol. The van der Waals surface area contributed by atoms with Crippen molar-refractivity contribution in [1.82, 2.24) is 4.90 Å². The number of hydrogen-bond acceptors (Lipinski definition) is 3. The Bertz CT molecular complexity index is 397. The Morgan fingerprint density at radius 3 is 3.11 bits per heavy atom. The highest BCUT2D eigenvalue weighted by Gasteiger charge is 2.18. The highest BCUT2D eigenvalue weighted by molar-refractivity contribution is 6.31. The molecule has 2 rings (SSSR count). The lowest BCUT2D eigenvalue weighted by Crippen LogP contribution is -2.31. The van der Waals surface area contributed by atoms with Crippen molar-refractivity contribution in [1.29, 1.82) is 0 Å².